The fraction of sp³-hybridized carbons (Fsp3) is 0.200. The van der Waals surface area contributed by atoms with Crippen LogP contribution in [0.25, 0.3) is 11.3 Å². The molecular weight excluding hydrogens is 548 g/mol. The fourth-order valence-corrected chi connectivity index (χ4v) is 5.08. The van der Waals surface area contributed by atoms with Crippen LogP contribution in [-0.2, 0) is 9.53 Å². The van der Waals surface area contributed by atoms with Gasteiger partial charge in [0.2, 0.25) is 5.91 Å². The van der Waals surface area contributed by atoms with Gasteiger partial charge in [0.05, 0.1) is 35.1 Å². The number of ether oxygens (including phenoxy) is 1. The van der Waals surface area contributed by atoms with Crippen molar-refractivity contribution in [1.82, 2.24) is 10.3 Å². The zero-order valence-corrected chi connectivity index (χ0v) is 23.6. The zero-order valence-electron chi connectivity index (χ0n) is 22.1. The number of benzene rings is 2. The average molecular weight is 575 g/mol. The molecule has 2 N–H and O–H groups in total. The van der Waals surface area contributed by atoms with E-state index in [9.17, 15) is 9.59 Å². The van der Waals surface area contributed by atoms with E-state index in [0.29, 0.717) is 32.9 Å². The summed E-state index contributed by atoms with van der Waals surface area (Å²) in [5.74, 6) is 0.583. The van der Waals surface area contributed by atoms with E-state index in [0.717, 1.165) is 16.9 Å². The summed E-state index contributed by atoms with van der Waals surface area (Å²) >= 11 is 12.4. The van der Waals surface area contributed by atoms with Crippen LogP contribution in [0.1, 0.15) is 47.7 Å². The van der Waals surface area contributed by atoms with E-state index in [1.54, 1.807) is 30.5 Å². The lowest BCUT2D eigenvalue weighted by atomic mass is 10.0. The second-order valence-electron chi connectivity index (χ2n) is 9.58. The maximum atomic E-state index is 12.2. The van der Waals surface area contributed by atoms with E-state index in [1.807, 2.05) is 67.3 Å². The molecule has 1 fully saturated rings. The van der Waals surface area contributed by atoms with Gasteiger partial charge in [-0.3, -0.25) is 9.78 Å². The predicted octanol–water partition coefficient (Wildman–Crippen LogP) is 6.55. The summed E-state index contributed by atoms with van der Waals surface area (Å²) in [7, 11) is 1.35. The molecule has 0 aliphatic carbocycles. The largest absolute Gasteiger partial charge is 0.465 e. The first-order valence-corrected chi connectivity index (χ1v) is 13.4. The molecule has 1 amide bonds. The monoisotopic (exact) mass is 574 g/mol. The third-order valence-corrected chi connectivity index (χ3v) is 7.25. The first-order chi connectivity index (χ1) is 19.3. The van der Waals surface area contributed by atoms with Crippen LogP contribution in [0.5, 0.6) is 0 Å². The van der Waals surface area contributed by atoms with Crippen LogP contribution in [0, 0.1) is 5.92 Å². The number of aromatic nitrogens is 1. The van der Waals surface area contributed by atoms with Crippen molar-refractivity contribution in [3.8, 4) is 11.3 Å². The number of thiocarbonyl (C=S) groups is 1. The van der Waals surface area contributed by atoms with Crippen LogP contribution in [0.15, 0.2) is 83.4 Å². The van der Waals surface area contributed by atoms with Crippen molar-refractivity contribution in [2.45, 2.75) is 25.9 Å². The Balaban J connectivity index is 1.52. The van der Waals surface area contributed by atoms with E-state index in [-0.39, 0.29) is 17.9 Å². The molecule has 10 heteroatoms. The highest BCUT2D eigenvalue weighted by molar-refractivity contribution is 7.80. The summed E-state index contributed by atoms with van der Waals surface area (Å²) in [6, 6.07) is 21.2. The number of carbonyl (C=O) groups excluding carboxylic acids is 2. The number of carbonyl (C=O) groups is 2. The number of nitrogens with one attached hydrogen (secondary N) is 2. The molecule has 0 radical (unpaired) electrons. The minimum absolute atomic E-state index is 0.121. The molecule has 8 nitrogen and oxygen atoms in total. The minimum Gasteiger partial charge on any atom is -0.465 e. The van der Waals surface area contributed by atoms with Crippen molar-refractivity contribution in [2.24, 2.45) is 5.92 Å². The highest BCUT2D eigenvalue weighted by atomic mass is 35.5. The molecule has 5 rings (SSSR count). The van der Waals surface area contributed by atoms with Crippen molar-refractivity contribution in [3.05, 3.63) is 101 Å². The normalized spacial score (nSPS) is 16.6. The quantitative estimate of drug-likeness (QED) is 0.189. The Kier molecular flexibility index (Phi) is 7.86. The van der Waals surface area contributed by atoms with Gasteiger partial charge in [0.15, 0.2) is 5.11 Å². The van der Waals surface area contributed by atoms with Gasteiger partial charge in [-0.2, -0.15) is 0 Å². The van der Waals surface area contributed by atoms with E-state index in [4.69, 9.17) is 33.0 Å². The van der Waals surface area contributed by atoms with E-state index in [1.165, 1.54) is 7.11 Å². The lowest BCUT2D eigenvalue weighted by Gasteiger charge is -2.26. The molecule has 1 aliphatic rings. The lowest BCUT2D eigenvalue weighted by molar-refractivity contribution is -0.118. The molecule has 2 aromatic carbocycles. The smallest absolute Gasteiger partial charge is 0.337 e. The Morgan fingerprint density at radius 3 is 2.52 bits per heavy atom. The zero-order chi connectivity index (χ0) is 28.4. The van der Waals surface area contributed by atoms with E-state index < -0.39 is 12.0 Å². The molecule has 3 heterocycles. The maximum absolute atomic E-state index is 12.2. The third-order valence-electron chi connectivity index (χ3n) is 6.62. The Hall–Kier alpha value is -4.21. The summed E-state index contributed by atoms with van der Waals surface area (Å²) in [6.45, 7) is 3.64. The van der Waals surface area contributed by atoms with E-state index >= 15 is 0 Å². The summed E-state index contributed by atoms with van der Waals surface area (Å²) in [5.41, 5.74) is 3.31. The number of hydrogen-bond acceptors (Lipinski definition) is 6. The number of halogens is 1. The number of hydrogen-bond donors (Lipinski definition) is 2. The molecule has 204 valence electrons. The van der Waals surface area contributed by atoms with Crippen molar-refractivity contribution in [1.29, 1.82) is 0 Å². The van der Waals surface area contributed by atoms with Gasteiger partial charge in [-0.15, -0.1) is 0 Å². The lowest BCUT2D eigenvalue weighted by Crippen LogP contribution is -2.29. The first kappa shape index (κ1) is 27.4. The molecule has 0 saturated carbocycles. The summed E-state index contributed by atoms with van der Waals surface area (Å²) < 4.78 is 11.2. The number of esters is 1. The van der Waals surface area contributed by atoms with Crippen LogP contribution < -0.4 is 15.5 Å². The predicted molar refractivity (Wildman–Crippen MR) is 158 cm³/mol. The molecule has 40 heavy (non-hydrogen) atoms. The standard InChI is InChI=1S/C30H27ClN4O4S/c1-17(2)28(36)33-22-12-11-20(16-21(22)31)35-27(26(34-30(35)40)23-6-4-5-15-32-23)25-14-13-24(39-25)18-7-9-19(10-8-18)29(37)38-3/h4-17,26-27H,1-3H3,(H,33,36)(H,34,40). The molecule has 0 spiro atoms. The molecule has 1 saturated heterocycles. The molecule has 4 aromatic rings. The van der Waals surface area contributed by atoms with Gasteiger partial charge in [0, 0.05) is 23.4 Å². The number of nitrogens with zero attached hydrogens (tertiary/aromatic N) is 2. The van der Waals surface area contributed by atoms with Crippen LogP contribution in [0.4, 0.5) is 11.4 Å². The molecule has 2 aromatic heterocycles. The fourth-order valence-electron chi connectivity index (χ4n) is 4.51. The van der Waals surface area contributed by atoms with Gasteiger partial charge in [-0.05, 0) is 66.8 Å². The van der Waals surface area contributed by atoms with Crippen LogP contribution >= 0.6 is 23.8 Å². The van der Waals surface area contributed by atoms with E-state index in [2.05, 4.69) is 15.6 Å². The van der Waals surface area contributed by atoms with Crippen LogP contribution in [0.3, 0.4) is 0 Å². The number of furan rings is 1. The number of pyridine rings is 1. The van der Waals surface area contributed by atoms with Gasteiger partial charge < -0.3 is 24.7 Å². The van der Waals surface area contributed by atoms with Crippen molar-refractivity contribution < 1.29 is 18.7 Å². The molecule has 1 aliphatic heterocycles. The van der Waals surface area contributed by atoms with Crippen molar-refractivity contribution in [3.63, 3.8) is 0 Å². The van der Waals surface area contributed by atoms with Gasteiger partial charge >= 0.3 is 5.97 Å². The maximum Gasteiger partial charge on any atom is 0.337 e. The second-order valence-corrected chi connectivity index (χ2v) is 10.4. The van der Waals surface area contributed by atoms with Crippen molar-refractivity contribution >= 4 is 52.2 Å². The van der Waals surface area contributed by atoms with Crippen LogP contribution in [0.2, 0.25) is 5.02 Å². The number of methoxy groups -OCH3 is 1. The second kappa shape index (κ2) is 11.5. The number of rotatable bonds is 7. The number of amides is 1. The Morgan fingerprint density at radius 2 is 1.88 bits per heavy atom. The number of anilines is 2. The molecule has 0 bridgehead atoms. The topological polar surface area (TPSA) is 96.7 Å². The molecule has 2 unspecified atom stereocenters. The highest BCUT2D eigenvalue weighted by Crippen LogP contribution is 2.44. The summed E-state index contributed by atoms with van der Waals surface area (Å²) in [4.78, 5) is 30.6. The Labute approximate surface area is 242 Å². The highest BCUT2D eigenvalue weighted by Gasteiger charge is 2.42. The third kappa shape index (κ3) is 5.43. The van der Waals surface area contributed by atoms with Gasteiger partial charge in [0.1, 0.15) is 17.6 Å². The van der Waals surface area contributed by atoms with Gasteiger partial charge in [-0.25, -0.2) is 4.79 Å². The van der Waals surface area contributed by atoms with Crippen LogP contribution in [-0.4, -0.2) is 29.1 Å². The molecular formula is C30H27ClN4O4S. The minimum atomic E-state index is -0.403. The van der Waals surface area contributed by atoms with Gasteiger partial charge in [0.25, 0.3) is 0 Å². The summed E-state index contributed by atoms with van der Waals surface area (Å²) in [6.07, 6.45) is 1.74. The first-order valence-electron chi connectivity index (χ1n) is 12.7. The Bertz CT molecular complexity index is 1560. The van der Waals surface area contributed by atoms with Gasteiger partial charge in [-0.1, -0.05) is 43.6 Å². The van der Waals surface area contributed by atoms with Crippen molar-refractivity contribution in [2.75, 3.05) is 17.3 Å². The Morgan fingerprint density at radius 1 is 1.10 bits per heavy atom. The molecule has 2 atom stereocenters. The average Bonchev–Trinajstić information content (AvgIpc) is 3.59. The SMILES string of the molecule is COC(=O)c1ccc(-c2ccc(C3C(c4ccccn4)NC(=S)N3c3ccc(NC(=O)C(C)C)c(Cl)c3)o2)cc1. The summed E-state index contributed by atoms with van der Waals surface area (Å²) in [5, 5.41) is 7.12.